The van der Waals surface area contributed by atoms with Crippen molar-refractivity contribution in [2.24, 2.45) is 5.73 Å². The van der Waals surface area contributed by atoms with Crippen molar-refractivity contribution in [3.63, 3.8) is 0 Å². The third kappa shape index (κ3) is 3.39. The van der Waals surface area contributed by atoms with E-state index >= 15 is 0 Å². The van der Waals surface area contributed by atoms with Crippen LogP contribution in [0.4, 0.5) is 0 Å². The van der Waals surface area contributed by atoms with Crippen LogP contribution in [0.2, 0.25) is 0 Å². The first-order chi connectivity index (χ1) is 12.0. The summed E-state index contributed by atoms with van der Waals surface area (Å²) >= 11 is 0. The van der Waals surface area contributed by atoms with Gasteiger partial charge in [0.1, 0.15) is 12.6 Å². The van der Waals surface area contributed by atoms with E-state index in [0.29, 0.717) is 30.4 Å². The molecule has 1 aromatic heterocycles. The summed E-state index contributed by atoms with van der Waals surface area (Å²) < 4.78 is 1.27. The van der Waals surface area contributed by atoms with Gasteiger partial charge in [-0.05, 0) is 25.5 Å². The summed E-state index contributed by atoms with van der Waals surface area (Å²) in [5.74, 6) is -0.531. The first-order valence-corrected chi connectivity index (χ1v) is 8.28. The maximum atomic E-state index is 12.7. The van der Waals surface area contributed by atoms with Gasteiger partial charge in [0.25, 0.3) is 5.56 Å². The summed E-state index contributed by atoms with van der Waals surface area (Å²) in [5.41, 5.74) is 6.23. The highest BCUT2D eigenvalue weighted by atomic mass is 16.2. The average molecular weight is 343 g/mol. The molecule has 0 bridgehead atoms. The fourth-order valence-corrected chi connectivity index (χ4v) is 3.14. The van der Waals surface area contributed by atoms with Crippen LogP contribution in [0.5, 0.6) is 0 Å². The molecule has 8 nitrogen and oxygen atoms in total. The third-order valence-electron chi connectivity index (χ3n) is 4.34. The highest BCUT2D eigenvalue weighted by molar-refractivity contribution is 5.88. The monoisotopic (exact) mass is 343 g/mol. The first kappa shape index (κ1) is 17.1. The number of carbonyl (C=O) groups is 2. The second-order valence-corrected chi connectivity index (χ2v) is 6.15. The predicted molar refractivity (Wildman–Crippen MR) is 92.8 cm³/mol. The summed E-state index contributed by atoms with van der Waals surface area (Å²) in [6, 6.07) is 6.13. The Labute approximate surface area is 144 Å². The molecule has 3 rings (SSSR count). The van der Waals surface area contributed by atoms with Gasteiger partial charge in [-0.15, -0.1) is 0 Å². The van der Waals surface area contributed by atoms with E-state index in [-0.39, 0.29) is 30.0 Å². The van der Waals surface area contributed by atoms with Crippen LogP contribution in [-0.2, 0) is 16.1 Å². The number of aromatic nitrogens is 2. The molecule has 1 aliphatic rings. The summed E-state index contributed by atoms with van der Waals surface area (Å²) in [5, 5.41) is 3.18. The van der Waals surface area contributed by atoms with Crippen LogP contribution >= 0.6 is 0 Å². The molecular formula is C17H21N5O3. The highest BCUT2D eigenvalue weighted by Gasteiger charge is 2.37. The maximum absolute atomic E-state index is 12.7. The zero-order valence-corrected chi connectivity index (χ0v) is 14.0. The molecule has 1 aliphatic heterocycles. The number of para-hydroxylation sites is 1. The number of amides is 2. The number of nitrogens with one attached hydrogen (secondary N) is 1. The lowest BCUT2D eigenvalue weighted by atomic mass is 10.1. The molecule has 132 valence electrons. The number of hydrogen-bond acceptors (Lipinski definition) is 5. The standard InChI is InChI=1S/C17H21N5O3/c1-2-19-16(24)14-7-11(18)8-22(14)15(23)9-21-10-20-13-6-4-3-5-12(13)17(21)25/h3-6,10-11,14H,2,7-9,18H2,1H3,(H,19,24)/t11-,14-/m0/s1. The normalized spacial score (nSPS) is 20.0. The lowest BCUT2D eigenvalue weighted by Crippen LogP contribution is -2.47. The molecule has 8 heteroatoms. The second-order valence-electron chi connectivity index (χ2n) is 6.15. The number of carbonyl (C=O) groups excluding carboxylic acids is 2. The van der Waals surface area contributed by atoms with Crippen molar-refractivity contribution in [1.29, 1.82) is 0 Å². The fraction of sp³-hybridized carbons (Fsp3) is 0.412. The van der Waals surface area contributed by atoms with E-state index in [1.807, 2.05) is 6.92 Å². The molecular weight excluding hydrogens is 322 g/mol. The molecule has 0 aliphatic carbocycles. The molecule has 0 spiro atoms. The number of benzene rings is 1. The van der Waals surface area contributed by atoms with E-state index in [0.717, 1.165) is 0 Å². The van der Waals surface area contributed by atoms with E-state index in [2.05, 4.69) is 10.3 Å². The topological polar surface area (TPSA) is 110 Å². The average Bonchev–Trinajstić information content (AvgIpc) is 3.00. The summed E-state index contributed by atoms with van der Waals surface area (Å²) in [6.07, 6.45) is 1.78. The Hall–Kier alpha value is -2.74. The van der Waals surface area contributed by atoms with Gasteiger partial charge in [-0.2, -0.15) is 0 Å². The largest absolute Gasteiger partial charge is 0.355 e. The van der Waals surface area contributed by atoms with Crippen LogP contribution in [0, 0.1) is 0 Å². The zero-order valence-electron chi connectivity index (χ0n) is 14.0. The van der Waals surface area contributed by atoms with Gasteiger partial charge in [-0.1, -0.05) is 12.1 Å². The van der Waals surface area contributed by atoms with Gasteiger partial charge in [0.2, 0.25) is 11.8 Å². The van der Waals surface area contributed by atoms with Crippen molar-refractivity contribution in [1.82, 2.24) is 19.8 Å². The number of likely N-dealkylation sites (N-methyl/N-ethyl adjacent to an activating group) is 1. The van der Waals surface area contributed by atoms with Gasteiger partial charge in [0.05, 0.1) is 17.2 Å². The lowest BCUT2D eigenvalue weighted by molar-refractivity contribution is -0.138. The number of rotatable bonds is 4. The van der Waals surface area contributed by atoms with Gasteiger partial charge in [0, 0.05) is 19.1 Å². The number of nitrogens with zero attached hydrogens (tertiary/aromatic N) is 3. The number of nitrogens with two attached hydrogens (primary N) is 1. The van der Waals surface area contributed by atoms with Crippen LogP contribution in [0.1, 0.15) is 13.3 Å². The van der Waals surface area contributed by atoms with Crippen molar-refractivity contribution >= 4 is 22.7 Å². The molecule has 0 saturated carbocycles. The Kier molecular flexibility index (Phi) is 4.80. The molecule has 2 atom stereocenters. The molecule has 2 aromatic rings. The quantitative estimate of drug-likeness (QED) is 0.775. The molecule has 2 amide bonds. The van der Waals surface area contributed by atoms with Crippen molar-refractivity contribution in [2.75, 3.05) is 13.1 Å². The van der Waals surface area contributed by atoms with Crippen LogP contribution in [0.3, 0.4) is 0 Å². The Morgan fingerprint density at radius 3 is 2.88 bits per heavy atom. The van der Waals surface area contributed by atoms with Crippen molar-refractivity contribution in [2.45, 2.75) is 32.0 Å². The predicted octanol–water partition coefficient (Wildman–Crippen LogP) is -0.539. The molecule has 0 radical (unpaired) electrons. The number of likely N-dealkylation sites (tertiary alicyclic amines) is 1. The van der Waals surface area contributed by atoms with Crippen molar-refractivity contribution < 1.29 is 9.59 Å². The third-order valence-corrected chi connectivity index (χ3v) is 4.34. The van der Waals surface area contributed by atoms with E-state index in [1.54, 1.807) is 24.3 Å². The van der Waals surface area contributed by atoms with Crippen LogP contribution in [0.25, 0.3) is 10.9 Å². The van der Waals surface area contributed by atoms with Crippen LogP contribution in [0.15, 0.2) is 35.4 Å². The zero-order chi connectivity index (χ0) is 18.0. The van der Waals surface area contributed by atoms with Gasteiger partial charge >= 0.3 is 0 Å². The van der Waals surface area contributed by atoms with E-state index in [9.17, 15) is 14.4 Å². The Balaban J connectivity index is 1.83. The van der Waals surface area contributed by atoms with Gasteiger partial charge in [-0.3, -0.25) is 19.0 Å². The highest BCUT2D eigenvalue weighted by Crippen LogP contribution is 2.17. The molecule has 2 heterocycles. The second kappa shape index (κ2) is 7.02. The molecule has 1 aromatic carbocycles. The smallest absolute Gasteiger partial charge is 0.261 e. The summed E-state index contributed by atoms with van der Waals surface area (Å²) in [6.45, 7) is 2.44. The van der Waals surface area contributed by atoms with Gasteiger partial charge in [0.15, 0.2) is 0 Å². The molecule has 25 heavy (non-hydrogen) atoms. The van der Waals surface area contributed by atoms with Crippen molar-refractivity contribution in [3.8, 4) is 0 Å². The SMILES string of the molecule is CCNC(=O)[C@@H]1C[C@H](N)CN1C(=O)Cn1cnc2ccccc2c1=O. The summed E-state index contributed by atoms with van der Waals surface area (Å²) in [7, 11) is 0. The number of hydrogen-bond donors (Lipinski definition) is 2. The molecule has 1 fully saturated rings. The Morgan fingerprint density at radius 2 is 2.12 bits per heavy atom. The lowest BCUT2D eigenvalue weighted by Gasteiger charge is -2.24. The maximum Gasteiger partial charge on any atom is 0.261 e. The first-order valence-electron chi connectivity index (χ1n) is 8.28. The van der Waals surface area contributed by atoms with E-state index in [1.165, 1.54) is 15.8 Å². The van der Waals surface area contributed by atoms with Crippen molar-refractivity contribution in [3.05, 3.63) is 40.9 Å². The molecule has 3 N–H and O–H groups in total. The minimum atomic E-state index is -0.591. The van der Waals surface area contributed by atoms with Crippen LogP contribution < -0.4 is 16.6 Å². The molecule has 0 unspecified atom stereocenters. The minimum absolute atomic E-state index is 0.167. The van der Waals surface area contributed by atoms with E-state index < -0.39 is 6.04 Å². The summed E-state index contributed by atoms with van der Waals surface area (Å²) in [4.78, 5) is 43.0. The van der Waals surface area contributed by atoms with E-state index in [4.69, 9.17) is 5.73 Å². The fourth-order valence-electron chi connectivity index (χ4n) is 3.14. The number of fused-ring (bicyclic) bond motifs is 1. The minimum Gasteiger partial charge on any atom is -0.355 e. The van der Waals surface area contributed by atoms with Gasteiger partial charge in [-0.25, -0.2) is 4.98 Å². The Morgan fingerprint density at radius 1 is 1.36 bits per heavy atom. The Bertz CT molecular complexity index is 863. The van der Waals surface area contributed by atoms with Crippen LogP contribution in [-0.4, -0.2) is 51.4 Å². The van der Waals surface area contributed by atoms with Gasteiger partial charge < -0.3 is 16.0 Å². The molecule has 1 saturated heterocycles.